The van der Waals surface area contributed by atoms with Crippen molar-refractivity contribution in [3.63, 3.8) is 0 Å². The Kier molecular flexibility index (Phi) is 6.01. The summed E-state index contributed by atoms with van der Waals surface area (Å²) >= 11 is 1.14. The summed E-state index contributed by atoms with van der Waals surface area (Å²) in [6.45, 7) is 3.56. The van der Waals surface area contributed by atoms with Crippen LogP contribution in [-0.4, -0.2) is 37.9 Å². The van der Waals surface area contributed by atoms with E-state index in [9.17, 15) is 9.90 Å². The summed E-state index contributed by atoms with van der Waals surface area (Å²) in [5, 5.41) is 14.1. The zero-order chi connectivity index (χ0) is 25.4. The van der Waals surface area contributed by atoms with E-state index >= 15 is 0 Å². The van der Waals surface area contributed by atoms with Crippen molar-refractivity contribution in [3.05, 3.63) is 60.2 Å². The summed E-state index contributed by atoms with van der Waals surface area (Å²) in [7, 11) is 0. The zero-order valence-electron chi connectivity index (χ0n) is 20.1. The average molecular weight is 517 g/mol. The molecule has 0 bridgehead atoms. The van der Waals surface area contributed by atoms with Crippen LogP contribution in [0.15, 0.2) is 54.6 Å². The molecule has 0 saturated heterocycles. The molecule has 1 aliphatic rings. The number of nitrogens with one attached hydrogen (secondary N) is 1. The fraction of sp³-hybridized carbons (Fsp3) is 0.222. The normalized spacial score (nSPS) is 12.4. The first-order valence-electron chi connectivity index (χ1n) is 12.0. The largest absolute Gasteiger partial charge is 0.512 e. The second kappa shape index (κ2) is 9.62. The van der Waals surface area contributed by atoms with Crippen LogP contribution in [0.2, 0.25) is 0 Å². The first kappa shape index (κ1) is 23.1. The molecule has 37 heavy (non-hydrogen) atoms. The van der Waals surface area contributed by atoms with Gasteiger partial charge in [-0.1, -0.05) is 25.5 Å². The van der Waals surface area contributed by atoms with E-state index in [2.05, 4.69) is 27.1 Å². The maximum Gasteiger partial charge on any atom is 0.512 e. The van der Waals surface area contributed by atoms with Crippen LogP contribution in [0.1, 0.15) is 25.3 Å². The molecule has 2 aromatic heterocycles. The van der Waals surface area contributed by atoms with Crippen LogP contribution in [0.25, 0.3) is 33.1 Å². The summed E-state index contributed by atoms with van der Waals surface area (Å²) in [6.07, 6.45) is 0.760. The average Bonchev–Trinajstić information content (AvgIpc) is 3.61. The zero-order valence-corrected chi connectivity index (χ0v) is 20.9. The highest BCUT2D eigenvalue weighted by Gasteiger charge is 2.24. The van der Waals surface area contributed by atoms with Gasteiger partial charge in [0.1, 0.15) is 11.0 Å². The van der Waals surface area contributed by atoms with Gasteiger partial charge in [-0.3, -0.25) is 0 Å². The van der Waals surface area contributed by atoms with E-state index in [0.717, 1.165) is 69.9 Å². The molecule has 3 aromatic carbocycles. The van der Waals surface area contributed by atoms with E-state index < -0.39 is 6.16 Å². The number of rotatable bonds is 8. The number of unbranched alkanes of at least 4 members (excludes halogenated alkanes) is 1. The molecule has 6 rings (SSSR count). The molecule has 10 heteroatoms. The van der Waals surface area contributed by atoms with E-state index in [4.69, 9.17) is 14.2 Å². The lowest BCUT2D eigenvalue weighted by Gasteiger charge is -2.12. The number of carbonyl (C=O) groups is 1. The van der Waals surface area contributed by atoms with Crippen LogP contribution in [0.3, 0.4) is 0 Å². The Morgan fingerprint density at radius 3 is 2.81 bits per heavy atom. The van der Waals surface area contributed by atoms with E-state index in [0.29, 0.717) is 23.6 Å². The van der Waals surface area contributed by atoms with Crippen LogP contribution in [0.4, 0.5) is 10.5 Å². The highest BCUT2D eigenvalue weighted by molar-refractivity contribution is 7.00. The fourth-order valence-corrected chi connectivity index (χ4v) is 5.15. The van der Waals surface area contributed by atoms with Crippen LogP contribution in [0.5, 0.6) is 17.4 Å². The monoisotopic (exact) mass is 516 g/mol. The van der Waals surface area contributed by atoms with Gasteiger partial charge >= 0.3 is 6.16 Å². The Labute approximate surface area is 216 Å². The third kappa shape index (κ3) is 4.40. The van der Waals surface area contributed by atoms with Gasteiger partial charge in [0.05, 0.1) is 29.4 Å². The van der Waals surface area contributed by atoms with Crippen LogP contribution < -0.4 is 19.5 Å². The highest BCUT2D eigenvalue weighted by atomic mass is 32.1. The van der Waals surface area contributed by atoms with Gasteiger partial charge in [-0.2, -0.15) is 8.75 Å². The third-order valence-corrected chi connectivity index (χ3v) is 6.94. The van der Waals surface area contributed by atoms with Crippen molar-refractivity contribution in [2.24, 2.45) is 0 Å². The first-order valence-corrected chi connectivity index (χ1v) is 12.8. The number of carboxylic acid groups (broad SMARTS) is 1. The summed E-state index contributed by atoms with van der Waals surface area (Å²) in [5.41, 5.74) is 5.76. The molecular weight excluding hydrogens is 492 g/mol. The lowest BCUT2D eigenvalue weighted by atomic mass is 10.0. The summed E-state index contributed by atoms with van der Waals surface area (Å²) < 4.78 is 27.0. The van der Waals surface area contributed by atoms with Gasteiger partial charge in [0.25, 0.3) is 0 Å². The maximum atomic E-state index is 11.9. The molecular formula is C27H24N4O5S. The number of aromatic nitrogens is 3. The second-order valence-electron chi connectivity index (χ2n) is 8.80. The number of hydrogen-bond acceptors (Lipinski definition) is 8. The van der Waals surface area contributed by atoms with Crippen LogP contribution in [0, 0.1) is 0 Å². The molecule has 0 radical (unpaired) electrons. The van der Waals surface area contributed by atoms with Gasteiger partial charge in [-0.25, -0.2) is 4.79 Å². The van der Waals surface area contributed by atoms with E-state index in [1.807, 2.05) is 53.1 Å². The van der Waals surface area contributed by atoms with E-state index in [1.54, 1.807) is 0 Å². The Bertz CT molecular complexity index is 1630. The lowest BCUT2D eigenvalue weighted by Crippen LogP contribution is -2.10. The molecule has 0 aliphatic carbocycles. The topological polar surface area (TPSA) is 108 Å². The molecule has 3 heterocycles. The number of fused-ring (bicyclic) bond motifs is 3. The Hall–Kier alpha value is -4.31. The van der Waals surface area contributed by atoms with Crippen molar-refractivity contribution in [2.45, 2.75) is 26.3 Å². The SMILES string of the molecule is CCCCNc1ccc2c(c1)c(-c1ccc3nsnc3c1)c(OC(=O)O)n2Cc1ccc2c(c1)OCO2. The highest BCUT2D eigenvalue weighted by Crippen LogP contribution is 2.43. The standard InChI is InChI=1S/C27H24N4O5S/c1-2-3-10-28-18-6-8-22-19(13-18)25(17-5-7-20-21(12-17)30-37-29-20)26(36-27(32)33)31(22)14-16-4-9-23-24(11-16)35-15-34-23/h4-9,11-13,28H,2-3,10,14-15H2,1H3,(H,32,33). The van der Waals surface area contributed by atoms with Gasteiger partial charge in [0, 0.05) is 17.6 Å². The number of anilines is 1. The minimum absolute atomic E-state index is 0.185. The second-order valence-corrected chi connectivity index (χ2v) is 9.33. The third-order valence-electron chi connectivity index (χ3n) is 6.38. The fourth-order valence-electron chi connectivity index (χ4n) is 4.63. The molecule has 1 aliphatic heterocycles. The molecule has 188 valence electrons. The summed E-state index contributed by atoms with van der Waals surface area (Å²) in [4.78, 5) is 11.9. The van der Waals surface area contributed by atoms with Crippen molar-refractivity contribution >= 4 is 45.5 Å². The van der Waals surface area contributed by atoms with Crippen molar-refractivity contribution < 1.29 is 24.1 Å². The Morgan fingerprint density at radius 1 is 1.08 bits per heavy atom. The van der Waals surface area contributed by atoms with Crippen LogP contribution in [-0.2, 0) is 6.54 Å². The van der Waals surface area contributed by atoms with Crippen molar-refractivity contribution in [1.29, 1.82) is 0 Å². The smallest absolute Gasteiger partial charge is 0.454 e. The van der Waals surface area contributed by atoms with Gasteiger partial charge < -0.3 is 29.2 Å². The summed E-state index contributed by atoms with van der Waals surface area (Å²) in [6, 6.07) is 17.5. The lowest BCUT2D eigenvalue weighted by molar-refractivity contribution is 0.141. The predicted octanol–water partition coefficient (Wildman–Crippen LogP) is 6.36. The number of ether oxygens (including phenoxy) is 3. The van der Waals surface area contributed by atoms with Crippen LogP contribution >= 0.6 is 11.7 Å². The Balaban J connectivity index is 1.54. The minimum atomic E-state index is -1.38. The number of benzene rings is 3. The molecule has 0 fully saturated rings. The molecule has 0 spiro atoms. The molecule has 0 saturated carbocycles. The maximum absolute atomic E-state index is 11.9. The quantitative estimate of drug-likeness (QED) is 0.181. The van der Waals surface area contributed by atoms with Crippen molar-refractivity contribution in [3.8, 4) is 28.5 Å². The molecule has 9 nitrogen and oxygen atoms in total. The number of hydrogen-bond donors (Lipinski definition) is 2. The molecule has 2 N–H and O–H groups in total. The van der Waals surface area contributed by atoms with E-state index in [1.165, 1.54) is 0 Å². The van der Waals surface area contributed by atoms with Crippen molar-refractivity contribution in [1.82, 2.24) is 13.3 Å². The first-order chi connectivity index (χ1) is 18.1. The van der Waals surface area contributed by atoms with Gasteiger partial charge in [0.15, 0.2) is 11.5 Å². The van der Waals surface area contributed by atoms with Crippen molar-refractivity contribution in [2.75, 3.05) is 18.7 Å². The molecule has 0 atom stereocenters. The Morgan fingerprint density at radius 2 is 1.95 bits per heavy atom. The number of nitrogens with zero attached hydrogens (tertiary/aromatic N) is 3. The van der Waals surface area contributed by atoms with E-state index in [-0.39, 0.29) is 12.7 Å². The summed E-state index contributed by atoms with van der Waals surface area (Å²) in [5.74, 6) is 1.60. The van der Waals surface area contributed by atoms with Gasteiger partial charge in [-0.05, 0) is 60.0 Å². The molecule has 5 aromatic rings. The molecule has 0 amide bonds. The van der Waals surface area contributed by atoms with Gasteiger partial charge in [0.2, 0.25) is 12.7 Å². The minimum Gasteiger partial charge on any atom is -0.454 e. The predicted molar refractivity (Wildman–Crippen MR) is 142 cm³/mol. The van der Waals surface area contributed by atoms with Gasteiger partial charge in [-0.15, -0.1) is 0 Å². The molecule has 0 unspecified atom stereocenters.